The van der Waals surface area contributed by atoms with Crippen LogP contribution < -0.4 is 19.8 Å². The summed E-state index contributed by atoms with van der Waals surface area (Å²) in [6, 6.07) is 9.85. The molecule has 2 aliphatic rings. The van der Waals surface area contributed by atoms with Gasteiger partial charge in [0, 0.05) is 38.3 Å². The number of aryl methyl sites for hydroxylation is 1. The maximum absolute atomic E-state index is 13.6. The predicted octanol–water partition coefficient (Wildman–Crippen LogP) is 4.97. The van der Waals surface area contributed by atoms with Gasteiger partial charge in [0.05, 0.1) is 28.2 Å². The minimum atomic E-state index is -4.40. The summed E-state index contributed by atoms with van der Waals surface area (Å²) in [6.45, 7) is 1.92. The zero-order valence-electron chi connectivity index (χ0n) is 22.7. The van der Waals surface area contributed by atoms with Crippen molar-refractivity contribution in [1.29, 1.82) is 0 Å². The van der Waals surface area contributed by atoms with Gasteiger partial charge >= 0.3 is 6.18 Å². The first-order valence-corrected chi connectivity index (χ1v) is 14.9. The average molecular weight is 579 g/mol. The molecule has 1 saturated carbocycles. The van der Waals surface area contributed by atoms with E-state index in [9.17, 15) is 26.4 Å². The molecule has 1 saturated heterocycles. The molecule has 2 aromatic carbocycles. The Morgan fingerprint density at radius 1 is 1.07 bits per heavy atom. The fourth-order valence-electron chi connectivity index (χ4n) is 5.35. The zero-order chi connectivity index (χ0) is 28.9. The number of nitrogens with zero attached hydrogens (tertiary/aromatic N) is 4. The molecule has 0 atom stereocenters. The van der Waals surface area contributed by atoms with Crippen molar-refractivity contribution in [3.05, 3.63) is 42.0 Å². The molecule has 13 heteroatoms. The lowest BCUT2D eigenvalue weighted by Crippen LogP contribution is -2.35. The van der Waals surface area contributed by atoms with Crippen LogP contribution >= 0.6 is 0 Å². The van der Waals surface area contributed by atoms with E-state index in [0.29, 0.717) is 38.9 Å². The lowest BCUT2D eigenvalue weighted by atomic mass is 9.93. The van der Waals surface area contributed by atoms with Gasteiger partial charge in [-0.05, 0) is 74.4 Å². The number of piperidine rings is 1. The number of sulfonamides is 1. The van der Waals surface area contributed by atoms with Crippen LogP contribution in [0.25, 0.3) is 10.9 Å². The molecule has 5 rings (SSSR count). The van der Waals surface area contributed by atoms with E-state index >= 15 is 0 Å². The molecule has 1 aromatic heterocycles. The summed E-state index contributed by atoms with van der Waals surface area (Å²) in [5, 5.41) is 7.61. The molecule has 40 heavy (non-hydrogen) atoms. The second kappa shape index (κ2) is 10.2. The van der Waals surface area contributed by atoms with Gasteiger partial charge in [-0.25, -0.2) is 8.42 Å². The lowest BCUT2D eigenvalue weighted by Gasteiger charge is -2.35. The Morgan fingerprint density at radius 2 is 1.75 bits per heavy atom. The SMILES string of the molecule is CCS(=O)(=O)Nc1ccc(C(=O)Nc2ccc3c(c2)c(N(C)CC(F)(F)F)nn3C)c(N2CCC3(CC2)CC3)c1. The topological polar surface area (TPSA) is 99.6 Å². The normalized spacial score (nSPS) is 16.8. The second-order valence-corrected chi connectivity index (χ2v) is 12.8. The summed E-state index contributed by atoms with van der Waals surface area (Å²) in [6.07, 6.45) is 0.0879. The number of aromatic nitrogens is 2. The molecule has 0 radical (unpaired) electrons. The van der Waals surface area contributed by atoms with E-state index in [2.05, 4.69) is 20.0 Å². The van der Waals surface area contributed by atoms with Crippen molar-refractivity contribution in [1.82, 2.24) is 9.78 Å². The van der Waals surface area contributed by atoms with Crippen LogP contribution in [0.1, 0.15) is 43.0 Å². The number of carbonyl (C=O) groups excluding carboxylic acids is 1. The zero-order valence-corrected chi connectivity index (χ0v) is 23.5. The lowest BCUT2D eigenvalue weighted by molar-refractivity contribution is -0.119. The van der Waals surface area contributed by atoms with Gasteiger partial charge in [0.2, 0.25) is 10.0 Å². The Morgan fingerprint density at radius 3 is 2.38 bits per heavy atom. The molecule has 1 spiro atoms. The average Bonchev–Trinajstić information content (AvgIpc) is 3.55. The van der Waals surface area contributed by atoms with Crippen molar-refractivity contribution < 1.29 is 26.4 Å². The Labute approximate surface area is 231 Å². The number of hydrogen-bond acceptors (Lipinski definition) is 6. The van der Waals surface area contributed by atoms with Crippen LogP contribution in [0.15, 0.2) is 36.4 Å². The molecule has 2 fully saturated rings. The second-order valence-electron chi connectivity index (χ2n) is 10.8. The number of hydrogen-bond donors (Lipinski definition) is 2. The van der Waals surface area contributed by atoms with Crippen molar-refractivity contribution in [2.45, 2.75) is 38.8 Å². The maximum Gasteiger partial charge on any atom is 0.405 e. The molecule has 0 unspecified atom stereocenters. The van der Waals surface area contributed by atoms with Crippen LogP contribution in [0.3, 0.4) is 0 Å². The molecular formula is C27H33F3N6O3S. The molecule has 9 nitrogen and oxygen atoms in total. The number of halogens is 3. The summed E-state index contributed by atoms with van der Waals surface area (Å²) >= 11 is 0. The quantitative estimate of drug-likeness (QED) is 0.392. The molecular weight excluding hydrogens is 545 g/mol. The van der Waals surface area contributed by atoms with Crippen LogP contribution in [0.2, 0.25) is 0 Å². The molecule has 0 bridgehead atoms. The van der Waals surface area contributed by atoms with Crippen LogP contribution in [0.5, 0.6) is 0 Å². The number of anilines is 4. The molecule has 2 N–H and O–H groups in total. The molecule has 3 aromatic rings. The largest absolute Gasteiger partial charge is 0.405 e. The first kappa shape index (κ1) is 28.1. The summed E-state index contributed by atoms with van der Waals surface area (Å²) in [5.74, 6) is -0.324. The van der Waals surface area contributed by atoms with E-state index in [1.165, 1.54) is 24.6 Å². The van der Waals surface area contributed by atoms with Gasteiger partial charge in [-0.1, -0.05) is 0 Å². The highest BCUT2D eigenvalue weighted by molar-refractivity contribution is 7.92. The maximum atomic E-state index is 13.6. The van der Waals surface area contributed by atoms with E-state index in [0.717, 1.165) is 30.8 Å². The summed E-state index contributed by atoms with van der Waals surface area (Å²) in [4.78, 5) is 16.7. The van der Waals surface area contributed by atoms with Gasteiger partial charge in [-0.2, -0.15) is 18.3 Å². The van der Waals surface area contributed by atoms with Gasteiger partial charge in [-0.3, -0.25) is 14.2 Å². The summed E-state index contributed by atoms with van der Waals surface area (Å²) in [5.41, 5.74) is 2.84. The van der Waals surface area contributed by atoms with Crippen molar-refractivity contribution in [3.8, 4) is 0 Å². The fraction of sp³-hybridized carbons (Fsp3) is 0.481. The third kappa shape index (κ3) is 5.98. The summed E-state index contributed by atoms with van der Waals surface area (Å²) < 4.78 is 67.6. The van der Waals surface area contributed by atoms with Gasteiger partial charge in [0.25, 0.3) is 5.91 Å². The van der Waals surface area contributed by atoms with Crippen molar-refractivity contribution in [3.63, 3.8) is 0 Å². The first-order chi connectivity index (χ1) is 18.8. The number of benzene rings is 2. The third-order valence-electron chi connectivity index (χ3n) is 7.88. The highest BCUT2D eigenvalue weighted by atomic mass is 32.2. The molecule has 2 heterocycles. The number of alkyl halides is 3. The van der Waals surface area contributed by atoms with Crippen LogP contribution in [-0.2, 0) is 17.1 Å². The van der Waals surface area contributed by atoms with Crippen LogP contribution in [0.4, 0.5) is 36.1 Å². The molecule has 1 aliphatic carbocycles. The molecule has 216 valence electrons. The van der Waals surface area contributed by atoms with E-state index in [1.807, 2.05) is 0 Å². The van der Waals surface area contributed by atoms with E-state index < -0.39 is 28.7 Å². The Hall–Kier alpha value is -3.48. The smallest absolute Gasteiger partial charge is 0.371 e. The number of amides is 1. The van der Waals surface area contributed by atoms with Gasteiger partial charge in [-0.15, -0.1) is 0 Å². The minimum Gasteiger partial charge on any atom is -0.371 e. The van der Waals surface area contributed by atoms with Crippen LogP contribution in [-0.4, -0.2) is 62.7 Å². The molecule has 1 amide bonds. The fourth-order valence-corrected chi connectivity index (χ4v) is 5.98. The highest BCUT2D eigenvalue weighted by Crippen LogP contribution is 2.54. The van der Waals surface area contributed by atoms with E-state index in [4.69, 9.17) is 0 Å². The number of rotatable bonds is 8. The Bertz CT molecular complexity index is 1540. The molecule has 1 aliphatic heterocycles. The number of fused-ring (bicyclic) bond motifs is 1. The van der Waals surface area contributed by atoms with Crippen molar-refractivity contribution >= 4 is 49.7 Å². The van der Waals surface area contributed by atoms with E-state index in [1.54, 1.807) is 50.4 Å². The van der Waals surface area contributed by atoms with E-state index in [-0.39, 0.29) is 11.6 Å². The first-order valence-electron chi connectivity index (χ1n) is 13.2. The van der Waals surface area contributed by atoms with Gasteiger partial charge in [0.1, 0.15) is 6.54 Å². The third-order valence-corrected chi connectivity index (χ3v) is 9.19. The van der Waals surface area contributed by atoms with Crippen molar-refractivity contribution in [2.75, 3.05) is 52.3 Å². The van der Waals surface area contributed by atoms with Gasteiger partial charge < -0.3 is 15.1 Å². The highest BCUT2D eigenvalue weighted by Gasteiger charge is 2.44. The summed E-state index contributed by atoms with van der Waals surface area (Å²) in [7, 11) is -0.529. The monoisotopic (exact) mass is 578 g/mol. The number of carbonyl (C=O) groups is 1. The Kier molecular flexibility index (Phi) is 7.13. The standard InChI is InChI=1S/C27H33F3N6O3S/c1-4-40(38,39)33-19-5-7-20(23(16-19)36-13-11-26(9-10-26)12-14-36)25(37)31-18-6-8-22-21(15-18)24(32-35(22)3)34(2)17-27(28,29)30/h5-8,15-16,33H,4,9-14,17H2,1-3H3,(H,31,37). The predicted molar refractivity (Wildman–Crippen MR) is 151 cm³/mol. The van der Waals surface area contributed by atoms with Crippen molar-refractivity contribution in [2.24, 2.45) is 12.5 Å². The number of nitrogens with one attached hydrogen (secondary N) is 2. The Balaban J connectivity index is 1.44. The van der Waals surface area contributed by atoms with Gasteiger partial charge in [0.15, 0.2) is 5.82 Å². The minimum absolute atomic E-state index is 0.0756. The van der Waals surface area contributed by atoms with Crippen LogP contribution in [0, 0.1) is 5.41 Å².